The Kier molecular flexibility index (Phi) is 12.5. The zero-order valence-electron chi connectivity index (χ0n) is 18.6. The van der Waals surface area contributed by atoms with Crippen molar-refractivity contribution in [1.82, 2.24) is 10.6 Å². The Labute approximate surface area is 200 Å². The van der Waals surface area contributed by atoms with E-state index in [4.69, 9.17) is 0 Å². The molecule has 1 amide bonds. The molecule has 8 heteroatoms. The summed E-state index contributed by atoms with van der Waals surface area (Å²) in [5.74, 6) is 1.54. The molecule has 4 atom stereocenters. The highest BCUT2D eigenvalue weighted by Crippen LogP contribution is 2.23. The number of nitrogens with one attached hydrogen (secondary N) is 3. The molecule has 4 unspecified atom stereocenters. The molecule has 0 heterocycles. The van der Waals surface area contributed by atoms with Gasteiger partial charge in [-0.1, -0.05) is 39.3 Å². The summed E-state index contributed by atoms with van der Waals surface area (Å²) in [5, 5.41) is 10.1. The van der Waals surface area contributed by atoms with Gasteiger partial charge < -0.3 is 16.0 Å². The standard InChI is InChI=1S/C22H36N4O2S.HI/c1-5-16(3)21(27)25-18-10-7-9-17(13-18)15-24-22(23-4)26-19-11-8-12-20(14-19)29(28)6-2;/h7,9-10,13,16,19-20H,5-6,8,11-12,14-15H2,1-4H3,(H,25,27)(H2,23,24,26);1H. The zero-order chi connectivity index (χ0) is 21.2. The zero-order valence-corrected chi connectivity index (χ0v) is 21.7. The lowest BCUT2D eigenvalue weighted by atomic mass is 9.95. The summed E-state index contributed by atoms with van der Waals surface area (Å²) < 4.78 is 12.2. The van der Waals surface area contributed by atoms with Crippen LogP contribution in [0, 0.1) is 5.92 Å². The second kappa shape index (κ2) is 14.0. The first kappa shape index (κ1) is 26.9. The van der Waals surface area contributed by atoms with Gasteiger partial charge in [0.15, 0.2) is 5.96 Å². The molecule has 170 valence electrons. The number of rotatable bonds is 8. The maximum absolute atomic E-state index is 12.2. The van der Waals surface area contributed by atoms with Gasteiger partial charge in [0.1, 0.15) is 0 Å². The molecule has 3 N–H and O–H groups in total. The summed E-state index contributed by atoms with van der Waals surface area (Å²) in [6, 6.07) is 8.18. The first-order valence-corrected chi connectivity index (χ1v) is 12.1. The largest absolute Gasteiger partial charge is 0.354 e. The number of carbonyl (C=O) groups is 1. The van der Waals surface area contributed by atoms with Crippen molar-refractivity contribution < 1.29 is 9.00 Å². The van der Waals surface area contributed by atoms with Crippen LogP contribution in [0.1, 0.15) is 58.4 Å². The van der Waals surface area contributed by atoms with Crippen LogP contribution in [0.25, 0.3) is 0 Å². The van der Waals surface area contributed by atoms with Crippen LogP contribution in [0.3, 0.4) is 0 Å². The van der Waals surface area contributed by atoms with Crippen LogP contribution in [0.4, 0.5) is 5.69 Å². The second-order valence-electron chi connectivity index (χ2n) is 7.72. The molecule has 0 aliphatic heterocycles. The van der Waals surface area contributed by atoms with E-state index in [1.165, 1.54) is 0 Å². The maximum Gasteiger partial charge on any atom is 0.227 e. The van der Waals surface area contributed by atoms with Gasteiger partial charge in [-0.15, -0.1) is 24.0 Å². The number of carbonyl (C=O) groups excluding carboxylic acids is 1. The Morgan fingerprint density at radius 1 is 1.30 bits per heavy atom. The molecule has 1 fully saturated rings. The van der Waals surface area contributed by atoms with Gasteiger partial charge in [-0.3, -0.25) is 14.0 Å². The van der Waals surface area contributed by atoms with Crippen LogP contribution >= 0.6 is 24.0 Å². The minimum atomic E-state index is -0.731. The van der Waals surface area contributed by atoms with E-state index >= 15 is 0 Å². The maximum atomic E-state index is 12.2. The number of halogens is 1. The van der Waals surface area contributed by atoms with Gasteiger partial charge in [0.25, 0.3) is 0 Å². The predicted octanol–water partition coefficient (Wildman–Crippen LogP) is 4.03. The number of hydrogen-bond donors (Lipinski definition) is 3. The summed E-state index contributed by atoms with van der Waals surface area (Å²) >= 11 is 0. The summed E-state index contributed by atoms with van der Waals surface area (Å²) in [5.41, 5.74) is 1.89. The third-order valence-corrected chi connectivity index (χ3v) is 7.30. The molecule has 2 rings (SSSR count). The van der Waals surface area contributed by atoms with E-state index in [1.54, 1.807) is 7.05 Å². The Morgan fingerprint density at radius 3 is 2.73 bits per heavy atom. The van der Waals surface area contributed by atoms with Crippen molar-refractivity contribution in [2.24, 2.45) is 10.9 Å². The van der Waals surface area contributed by atoms with Crippen LogP contribution in [0.5, 0.6) is 0 Å². The van der Waals surface area contributed by atoms with Gasteiger partial charge in [0.2, 0.25) is 5.91 Å². The topological polar surface area (TPSA) is 82.6 Å². The molecular formula is C22H37IN4O2S. The second-order valence-corrected chi connectivity index (χ2v) is 9.73. The Hall–Kier alpha value is -1.16. The van der Waals surface area contributed by atoms with Gasteiger partial charge >= 0.3 is 0 Å². The van der Waals surface area contributed by atoms with Crippen LogP contribution in [-0.4, -0.2) is 40.2 Å². The van der Waals surface area contributed by atoms with E-state index in [1.807, 2.05) is 45.0 Å². The van der Waals surface area contributed by atoms with E-state index in [2.05, 4.69) is 20.9 Å². The van der Waals surface area contributed by atoms with Crippen LogP contribution < -0.4 is 16.0 Å². The van der Waals surface area contributed by atoms with E-state index < -0.39 is 10.8 Å². The molecule has 0 saturated heterocycles. The molecule has 1 aromatic rings. The third-order valence-electron chi connectivity index (χ3n) is 5.56. The molecule has 30 heavy (non-hydrogen) atoms. The van der Waals surface area contributed by atoms with Crippen molar-refractivity contribution >= 4 is 52.3 Å². The molecular weight excluding hydrogens is 511 g/mol. The predicted molar refractivity (Wildman–Crippen MR) is 138 cm³/mol. The molecule has 0 spiro atoms. The lowest BCUT2D eigenvalue weighted by molar-refractivity contribution is -0.119. The highest BCUT2D eigenvalue weighted by molar-refractivity contribution is 14.0. The first-order valence-electron chi connectivity index (χ1n) is 10.7. The molecule has 0 aromatic heterocycles. The van der Waals surface area contributed by atoms with E-state index in [9.17, 15) is 9.00 Å². The van der Waals surface area contributed by atoms with Crippen molar-refractivity contribution in [3.63, 3.8) is 0 Å². The van der Waals surface area contributed by atoms with Crippen LogP contribution in [0.15, 0.2) is 29.3 Å². The summed E-state index contributed by atoms with van der Waals surface area (Å²) in [6.45, 7) is 6.55. The van der Waals surface area contributed by atoms with Crippen molar-refractivity contribution in [1.29, 1.82) is 0 Å². The fourth-order valence-electron chi connectivity index (χ4n) is 3.53. The molecule has 1 aromatic carbocycles. The molecule has 0 radical (unpaired) electrons. The Balaban J connectivity index is 0.00000450. The number of benzene rings is 1. The first-order chi connectivity index (χ1) is 14.0. The highest BCUT2D eigenvalue weighted by Gasteiger charge is 2.26. The van der Waals surface area contributed by atoms with Gasteiger partial charge in [0.05, 0.1) is 0 Å². The van der Waals surface area contributed by atoms with Crippen molar-refractivity contribution in [2.75, 3.05) is 18.1 Å². The quantitative estimate of drug-likeness (QED) is 0.260. The number of aliphatic imine (C=N–C) groups is 1. The minimum Gasteiger partial charge on any atom is -0.354 e. The molecule has 6 nitrogen and oxygen atoms in total. The van der Waals surface area contributed by atoms with E-state index in [-0.39, 0.29) is 41.1 Å². The fourth-order valence-corrected chi connectivity index (χ4v) is 4.88. The third kappa shape index (κ3) is 8.53. The average molecular weight is 549 g/mol. The number of hydrogen-bond acceptors (Lipinski definition) is 3. The van der Waals surface area contributed by atoms with E-state index in [0.717, 1.165) is 55.1 Å². The van der Waals surface area contributed by atoms with Crippen molar-refractivity contribution in [3.05, 3.63) is 29.8 Å². The SMILES string of the molecule is CCC(C)C(=O)Nc1cccc(CNC(=NC)NC2CCCC(S(=O)CC)C2)c1.I. The lowest BCUT2D eigenvalue weighted by Gasteiger charge is -2.30. The number of nitrogens with zero attached hydrogens (tertiary/aromatic N) is 1. The fraction of sp³-hybridized carbons (Fsp3) is 0.636. The summed E-state index contributed by atoms with van der Waals surface area (Å²) in [7, 11) is 1.04. The van der Waals surface area contributed by atoms with Crippen LogP contribution in [-0.2, 0) is 22.1 Å². The normalized spacial score (nSPS) is 21.1. The molecule has 1 aliphatic rings. The van der Waals surface area contributed by atoms with Gasteiger partial charge in [-0.25, -0.2) is 0 Å². The average Bonchev–Trinajstić information content (AvgIpc) is 2.75. The van der Waals surface area contributed by atoms with Crippen molar-refractivity contribution in [3.8, 4) is 0 Å². The van der Waals surface area contributed by atoms with E-state index in [0.29, 0.717) is 12.6 Å². The minimum absolute atomic E-state index is 0. The Bertz CT molecular complexity index is 729. The van der Waals surface area contributed by atoms with Crippen LogP contribution in [0.2, 0.25) is 0 Å². The van der Waals surface area contributed by atoms with Gasteiger partial charge in [-0.2, -0.15) is 0 Å². The lowest BCUT2D eigenvalue weighted by Crippen LogP contribution is -2.46. The monoisotopic (exact) mass is 548 g/mol. The number of guanidine groups is 1. The van der Waals surface area contributed by atoms with Gasteiger partial charge in [0, 0.05) is 53.0 Å². The van der Waals surface area contributed by atoms with Gasteiger partial charge in [-0.05, 0) is 43.4 Å². The Morgan fingerprint density at radius 2 is 2.07 bits per heavy atom. The molecule has 1 aliphatic carbocycles. The number of anilines is 1. The smallest absolute Gasteiger partial charge is 0.227 e. The summed E-state index contributed by atoms with van der Waals surface area (Å²) in [4.78, 5) is 16.4. The molecule has 1 saturated carbocycles. The number of amides is 1. The van der Waals surface area contributed by atoms with Crippen molar-refractivity contribution in [2.45, 2.75) is 70.7 Å². The highest BCUT2D eigenvalue weighted by atomic mass is 127. The summed E-state index contributed by atoms with van der Waals surface area (Å²) in [6.07, 6.45) is 4.99. The molecule has 0 bridgehead atoms.